The summed E-state index contributed by atoms with van der Waals surface area (Å²) in [5, 5.41) is 38.9. The number of carboxylic acid groups (broad SMARTS) is 3. The van der Waals surface area contributed by atoms with Crippen molar-refractivity contribution in [2.45, 2.75) is 18.4 Å². The van der Waals surface area contributed by atoms with Crippen molar-refractivity contribution < 1.29 is 105 Å². The van der Waals surface area contributed by atoms with Gasteiger partial charge in [-0.15, -0.1) is 0 Å². The summed E-state index contributed by atoms with van der Waals surface area (Å²) in [4.78, 5) is 51.6. The molecule has 0 rings (SSSR count). The van der Waals surface area contributed by atoms with Gasteiger partial charge in [0.15, 0.2) is 0 Å². The summed E-state index contributed by atoms with van der Waals surface area (Å²) in [6.45, 7) is 0. The molecule has 0 radical (unpaired) electrons. The van der Waals surface area contributed by atoms with Gasteiger partial charge in [-0.3, -0.25) is 0 Å². The second kappa shape index (κ2) is 12.9. The number of aliphatic hydroxyl groups is 1. The van der Waals surface area contributed by atoms with E-state index in [9.17, 15) is 29.7 Å². The van der Waals surface area contributed by atoms with E-state index in [1.165, 1.54) is 0 Å². The number of rotatable bonds is 5. The molecule has 14 heteroatoms. The van der Waals surface area contributed by atoms with Gasteiger partial charge in [0.25, 0.3) is 0 Å². The molecule has 0 aliphatic heterocycles. The molecule has 0 aliphatic rings. The Hall–Kier alpha value is 1.38. The number of carbonyl (C=O) groups is 3. The number of aliphatic carboxylic acids is 3. The first-order valence-electron chi connectivity index (χ1n) is 3.90. The van der Waals surface area contributed by atoms with Crippen molar-refractivity contribution in [2.75, 3.05) is 0 Å². The van der Waals surface area contributed by atoms with Gasteiger partial charge in [0.2, 0.25) is 0 Å². The number of phosphoric acid groups is 1. The molecule has 0 amide bonds. The van der Waals surface area contributed by atoms with Crippen LogP contribution in [-0.4, -0.2) is 81.0 Å². The van der Waals surface area contributed by atoms with Gasteiger partial charge in [-0.1, -0.05) is 0 Å². The first-order valence-corrected chi connectivity index (χ1v) is 5.46. The van der Waals surface area contributed by atoms with Crippen molar-refractivity contribution in [2.24, 2.45) is 0 Å². The molecular weight excluding hydrogens is 358 g/mol. The van der Waals surface area contributed by atoms with E-state index in [4.69, 9.17) is 24.4 Å². The maximum absolute atomic E-state index is 10.1. The van der Waals surface area contributed by atoms with Gasteiger partial charge in [0.1, 0.15) is 5.60 Å². The Balaban J connectivity index is -0.000000158. The zero-order chi connectivity index (χ0) is 15.1. The number of hydrogen-bond donors (Lipinski definition) is 4. The molecule has 0 saturated heterocycles. The molecule has 0 fully saturated rings. The van der Waals surface area contributed by atoms with Gasteiger partial charge >= 0.3 is 96.9 Å². The Bertz CT molecular complexity index is 355. The van der Waals surface area contributed by atoms with Gasteiger partial charge in [0, 0.05) is 24.8 Å². The van der Waals surface area contributed by atoms with E-state index in [1.807, 2.05) is 0 Å². The Kier molecular flexibility index (Phi) is 18.9. The molecule has 20 heavy (non-hydrogen) atoms. The number of carboxylic acids is 3. The van der Waals surface area contributed by atoms with Crippen molar-refractivity contribution >= 4 is 63.5 Å². The van der Waals surface area contributed by atoms with E-state index >= 15 is 0 Å². The van der Waals surface area contributed by atoms with E-state index in [0.717, 1.165) is 0 Å². The van der Waals surface area contributed by atoms with Crippen molar-refractivity contribution in [1.82, 2.24) is 0 Å². The molecular formula is C6H8CaKO11P. The van der Waals surface area contributed by atoms with Crippen LogP contribution in [0.1, 0.15) is 12.8 Å². The fourth-order valence-corrected chi connectivity index (χ4v) is 0.684. The van der Waals surface area contributed by atoms with E-state index in [-0.39, 0.29) is 89.1 Å². The molecule has 0 aromatic rings. The van der Waals surface area contributed by atoms with E-state index < -0.39 is 44.2 Å². The monoisotopic (exact) mass is 366 g/mol. The normalized spacial score (nSPS) is 10.0. The van der Waals surface area contributed by atoms with E-state index in [1.54, 1.807) is 0 Å². The topological polar surface area (TPSA) is 218 Å². The van der Waals surface area contributed by atoms with Crippen LogP contribution in [-0.2, 0) is 18.9 Å². The Morgan fingerprint density at radius 2 is 1.15 bits per heavy atom. The fourth-order valence-electron chi connectivity index (χ4n) is 0.684. The van der Waals surface area contributed by atoms with Gasteiger partial charge in [0.05, 0.1) is 5.97 Å². The molecule has 106 valence electrons. The minimum atomic E-state index is -4.64. The number of carbonyl (C=O) groups excluding carboxylic acids is 3. The molecule has 11 nitrogen and oxygen atoms in total. The van der Waals surface area contributed by atoms with Crippen LogP contribution in [0, 0.1) is 0 Å². The summed E-state index contributed by atoms with van der Waals surface area (Å²) in [6, 6.07) is 0. The van der Waals surface area contributed by atoms with Crippen molar-refractivity contribution in [3.8, 4) is 0 Å². The molecule has 0 unspecified atom stereocenters. The van der Waals surface area contributed by atoms with Gasteiger partial charge in [-0.2, -0.15) is 0 Å². The average Bonchev–Trinajstić information content (AvgIpc) is 1.95. The van der Waals surface area contributed by atoms with Crippen LogP contribution in [0.25, 0.3) is 0 Å². The predicted octanol–water partition coefficient (Wildman–Crippen LogP) is -9.56. The quantitative estimate of drug-likeness (QED) is 0.264. The minimum Gasteiger partial charge on any atom is -0.550 e. The SMILES string of the molecule is O=C([O-])CC(O)(CC(=O)[O-])C(=O)[O-].O=P(O)(O)O.[Ca+2].[K+]. The standard InChI is InChI=1S/C6H8O7.Ca.K.H3O4P/c7-3(8)1-6(13,5(11)12)2-4(9)10;;;1-5(2,3)4/h13H,1-2H2,(H,7,8)(H,9,10)(H,11,12);;;(H3,1,2,3,4)/q;+2;+1;/p-3. The summed E-state index contributed by atoms with van der Waals surface area (Å²) in [6.07, 6.45) is -2.72. The molecule has 0 saturated carbocycles. The maximum atomic E-state index is 10.1. The third-order valence-corrected chi connectivity index (χ3v) is 1.25. The van der Waals surface area contributed by atoms with Crippen LogP contribution >= 0.6 is 7.82 Å². The summed E-state index contributed by atoms with van der Waals surface area (Å²) in [7, 11) is -4.64. The maximum Gasteiger partial charge on any atom is 2.00 e. The molecule has 0 heterocycles. The van der Waals surface area contributed by atoms with Gasteiger partial charge in [-0.25, -0.2) is 4.57 Å². The zero-order valence-electron chi connectivity index (χ0n) is 10.2. The summed E-state index contributed by atoms with van der Waals surface area (Å²) >= 11 is 0. The Morgan fingerprint density at radius 1 is 0.950 bits per heavy atom. The van der Waals surface area contributed by atoms with E-state index in [2.05, 4.69) is 0 Å². The van der Waals surface area contributed by atoms with Gasteiger partial charge in [-0.05, 0) is 0 Å². The number of hydrogen-bond acceptors (Lipinski definition) is 8. The zero-order valence-corrected chi connectivity index (χ0v) is 16.4. The molecule has 0 bridgehead atoms. The van der Waals surface area contributed by atoms with Crippen molar-refractivity contribution in [3.05, 3.63) is 0 Å². The Labute approximate surface area is 184 Å². The first kappa shape index (κ1) is 29.4. The summed E-state index contributed by atoms with van der Waals surface area (Å²) in [5.41, 5.74) is -2.97. The summed E-state index contributed by atoms with van der Waals surface area (Å²) < 4.78 is 8.88. The van der Waals surface area contributed by atoms with Gasteiger partial charge < -0.3 is 49.5 Å². The molecule has 0 aliphatic carbocycles. The van der Waals surface area contributed by atoms with Crippen LogP contribution in [0.15, 0.2) is 0 Å². The van der Waals surface area contributed by atoms with Crippen LogP contribution in [0.3, 0.4) is 0 Å². The second-order valence-electron chi connectivity index (χ2n) is 2.93. The third-order valence-electron chi connectivity index (χ3n) is 1.25. The van der Waals surface area contributed by atoms with Crippen LogP contribution in [0.2, 0.25) is 0 Å². The molecule has 0 atom stereocenters. The van der Waals surface area contributed by atoms with Crippen LogP contribution < -0.4 is 66.7 Å². The second-order valence-corrected chi connectivity index (χ2v) is 3.96. The first-order chi connectivity index (χ1) is 7.78. The average molecular weight is 366 g/mol. The third kappa shape index (κ3) is 21.7. The fraction of sp³-hybridized carbons (Fsp3) is 0.500. The van der Waals surface area contributed by atoms with E-state index in [0.29, 0.717) is 0 Å². The molecule has 4 N–H and O–H groups in total. The van der Waals surface area contributed by atoms with Crippen LogP contribution in [0.4, 0.5) is 0 Å². The minimum absolute atomic E-state index is 0. The molecule has 0 spiro atoms. The summed E-state index contributed by atoms with van der Waals surface area (Å²) in [5.74, 6) is -5.98. The predicted molar refractivity (Wildman–Crippen MR) is 49.2 cm³/mol. The van der Waals surface area contributed by atoms with Crippen molar-refractivity contribution in [3.63, 3.8) is 0 Å². The van der Waals surface area contributed by atoms with Crippen molar-refractivity contribution in [1.29, 1.82) is 0 Å². The molecule has 0 aromatic heterocycles. The molecule has 0 aromatic carbocycles. The Morgan fingerprint density at radius 3 is 1.25 bits per heavy atom. The largest absolute Gasteiger partial charge is 2.00 e. The van der Waals surface area contributed by atoms with Crippen LogP contribution in [0.5, 0.6) is 0 Å². The smallest absolute Gasteiger partial charge is 0.550 e.